The highest BCUT2D eigenvalue weighted by atomic mass is 35.5. The number of carbonyl (C=O) groups is 2. The number of carbonyl (C=O) groups excluding carboxylic acids is 2. The van der Waals surface area contributed by atoms with E-state index in [1.165, 1.54) is 18.9 Å². The van der Waals surface area contributed by atoms with Gasteiger partial charge in [0.05, 0.1) is 17.9 Å². The van der Waals surface area contributed by atoms with Gasteiger partial charge in [0.1, 0.15) is 0 Å². The van der Waals surface area contributed by atoms with E-state index in [-0.39, 0.29) is 11.2 Å². The van der Waals surface area contributed by atoms with Gasteiger partial charge in [0.15, 0.2) is 0 Å². The zero-order valence-corrected chi connectivity index (χ0v) is 15.0. The number of hydrogen-bond donors (Lipinski definition) is 1. The van der Waals surface area contributed by atoms with Crippen molar-refractivity contribution in [2.45, 2.75) is 23.5 Å². The molecule has 2 aromatic rings. The molecule has 0 aliphatic heterocycles. The number of thioether (sulfide) groups is 1. The molecule has 0 unspecified atom stereocenters. The summed E-state index contributed by atoms with van der Waals surface area (Å²) in [5.74, 6) is -0.485. The molecule has 0 saturated heterocycles. The minimum Gasteiger partial charge on any atom is -0.465 e. The summed E-state index contributed by atoms with van der Waals surface area (Å²) in [5.41, 5.74) is 1.08. The Bertz CT molecular complexity index is 701. The second-order valence-electron chi connectivity index (χ2n) is 5.03. The molecule has 0 fully saturated rings. The van der Waals surface area contributed by atoms with Crippen molar-refractivity contribution in [3.63, 3.8) is 0 Å². The Balaban J connectivity index is 2.00. The second-order valence-corrected chi connectivity index (χ2v) is 6.74. The van der Waals surface area contributed by atoms with Crippen LogP contribution in [0.1, 0.15) is 23.7 Å². The molecule has 0 saturated carbocycles. The first-order valence-electron chi connectivity index (χ1n) is 7.45. The lowest BCUT2D eigenvalue weighted by Gasteiger charge is -2.15. The van der Waals surface area contributed by atoms with Crippen molar-refractivity contribution in [3.8, 4) is 0 Å². The molecular weight excluding hydrogens is 346 g/mol. The number of ether oxygens (including phenoxy) is 1. The van der Waals surface area contributed by atoms with E-state index in [1.54, 1.807) is 36.4 Å². The fourth-order valence-corrected chi connectivity index (χ4v) is 3.11. The standard InChI is InChI=1S/C18H18ClNO3S/c1-3-16(24-15-10-6-13(19)7-11-15)17(21)20-14-8-4-12(5-9-14)18(22)23-2/h4-11,16H,3H2,1-2H3,(H,20,21)/t16-/m1/s1. The summed E-state index contributed by atoms with van der Waals surface area (Å²) in [6, 6.07) is 14.0. The second kappa shape index (κ2) is 8.76. The van der Waals surface area contributed by atoms with Gasteiger partial charge in [-0.2, -0.15) is 0 Å². The summed E-state index contributed by atoms with van der Waals surface area (Å²) >= 11 is 7.37. The normalized spacial score (nSPS) is 11.6. The molecule has 6 heteroatoms. The maximum atomic E-state index is 12.4. The molecule has 2 aromatic carbocycles. The predicted molar refractivity (Wildman–Crippen MR) is 97.8 cm³/mol. The average Bonchev–Trinajstić information content (AvgIpc) is 2.61. The van der Waals surface area contributed by atoms with Crippen molar-refractivity contribution < 1.29 is 14.3 Å². The summed E-state index contributed by atoms with van der Waals surface area (Å²) in [6.45, 7) is 1.97. The molecule has 24 heavy (non-hydrogen) atoms. The summed E-state index contributed by atoms with van der Waals surface area (Å²) in [5, 5.41) is 3.32. The van der Waals surface area contributed by atoms with Crippen molar-refractivity contribution in [3.05, 3.63) is 59.1 Å². The first kappa shape index (κ1) is 18.4. The Labute approximate surface area is 150 Å². The quantitative estimate of drug-likeness (QED) is 0.600. The Hall–Kier alpha value is -1.98. The number of methoxy groups -OCH3 is 1. The van der Waals surface area contributed by atoms with E-state index in [2.05, 4.69) is 10.1 Å². The van der Waals surface area contributed by atoms with Gasteiger partial charge in [0.25, 0.3) is 0 Å². The van der Waals surface area contributed by atoms with Crippen LogP contribution in [0.15, 0.2) is 53.4 Å². The van der Waals surface area contributed by atoms with Gasteiger partial charge in [0, 0.05) is 15.6 Å². The number of benzene rings is 2. The average molecular weight is 364 g/mol. The van der Waals surface area contributed by atoms with Crippen molar-refractivity contribution in [2.75, 3.05) is 12.4 Å². The topological polar surface area (TPSA) is 55.4 Å². The molecule has 0 aliphatic carbocycles. The van der Waals surface area contributed by atoms with E-state index in [0.29, 0.717) is 22.7 Å². The molecule has 1 atom stereocenters. The van der Waals surface area contributed by atoms with Crippen LogP contribution in [0.4, 0.5) is 5.69 Å². The maximum absolute atomic E-state index is 12.4. The van der Waals surface area contributed by atoms with E-state index in [0.717, 1.165) is 4.90 Å². The molecule has 0 spiro atoms. The minimum atomic E-state index is -0.405. The molecule has 0 radical (unpaired) electrons. The summed E-state index contributed by atoms with van der Waals surface area (Å²) in [7, 11) is 1.33. The van der Waals surface area contributed by atoms with E-state index >= 15 is 0 Å². The number of halogens is 1. The predicted octanol–water partition coefficient (Wildman–Crippen LogP) is 4.64. The van der Waals surface area contributed by atoms with Gasteiger partial charge in [-0.25, -0.2) is 4.79 Å². The molecule has 0 aromatic heterocycles. The van der Waals surface area contributed by atoms with Gasteiger partial charge in [-0.05, 0) is 55.0 Å². The van der Waals surface area contributed by atoms with Crippen LogP contribution in [0.3, 0.4) is 0 Å². The summed E-state index contributed by atoms with van der Waals surface area (Å²) in [6.07, 6.45) is 0.694. The van der Waals surface area contributed by atoms with Crippen LogP contribution < -0.4 is 5.32 Å². The monoisotopic (exact) mass is 363 g/mol. The molecule has 2 rings (SSSR count). The number of hydrogen-bond acceptors (Lipinski definition) is 4. The minimum absolute atomic E-state index is 0.0803. The van der Waals surface area contributed by atoms with Crippen LogP contribution in [0, 0.1) is 0 Å². The number of rotatable bonds is 6. The van der Waals surface area contributed by atoms with Crippen LogP contribution in [0.2, 0.25) is 5.02 Å². The highest BCUT2D eigenvalue weighted by molar-refractivity contribution is 8.00. The van der Waals surface area contributed by atoms with Crippen molar-refractivity contribution in [1.82, 2.24) is 0 Å². The lowest BCUT2D eigenvalue weighted by Crippen LogP contribution is -2.24. The maximum Gasteiger partial charge on any atom is 0.337 e. The first-order valence-corrected chi connectivity index (χ1v) is 8.70. The van der Waals surface area contributed by atoms with Crippen molar-refractivity contribution >= 4 is 40.9 Å². The SMILES string of the molecule is CC[C@@H](Sc1ccc(Cl)cc1)C(=O)Nc1ccc(C(=O)OC)cc1. The third kappa shape index (κ3) is 5.01. The molecule has 4 nitrogen and oxygen atoms in total. The van der Waals surface area contributed by atoms with Crippen molar-refractivity contribution in [1.29, 1.82) is 0 Å². The number of amides is 1. The zero-order chi connectivity index (χ0) is 17.5. The van der Waals surface area contributed by atoms with Gasteiger partial charge in [-0.15, -0.1) is 11.8 Å². The summed E-state index contributed by atoms with van der Waals surface area (Å²) < 4.78 is 4.65. The Kier molecular flexibility index (Phi) is 6.70. The molecule has 0 aliphatic rings. The molecular formula is C18H18ClNO3S. The van der Waals surface area contributed by atoms with Crippen LogP contribution in [0.25, 0.3) is 0 Å². The first-order chi connectivity index (χ1) is 11.5. The van der Waals surface area contributed by atoms with Gasteiger partial charge in [0.2, 0.25) is 5.91 Å². The van der Waals surface area contributed by atoms with E-state index in [9.17, 15) is 9.59 Å². The van der Waals surface area contributed by atoms with E-state index < -0.39 is 5.97 Å². The zero-order valence-electron chi connectivity index (χ0n) is 13.4. The molecule has 0 bridgehead atoms. The van der Waals surface area contributed by atoms with Gasteiger partial charge in [-0.1, -0.05) is 18.5 Å². The summed E-state index contributed by atoms with van der Waals surface area (Å²) in [4.78, 5) is 24.8. The van der Waals surface area contributed by atoms with Crippen LogP contribution in [-0.4, -0.2) is 24.2 Å². The van der Waals surface area contributed by atoms with Crippen LogP contribution >= 0.6 is 23.4 Å². The van der Waals surface area contributed by atoms with Gasteiger partial charge < -0.3 is 10.1 Å². The Morgan fingerprint density at radius 2 is 1.75 bits per heavy atom. The third-order valence-electron chi connectivity index (χ3n) is 3.33. The molecule has 1 amide bonds. The largest absolute Gasteiger partial charge is 0.465 e. The van der Waals surface area contributed by atoms with Gasteiger partial charge in [-0.3, -0.25) is 4.79 Å². The molecule has 126 valence electrons. The highest BCUT2D eigenvalue weighted by Crippen LogP contribution is 2.27. The van der Waals surface area contributed by atoms with E-state index in [4.69, 9.17) is 11.6 Å². The van der Waals surface area contributed by atoms with Crippen molar-refractivity contribution in [2.24, 2.45) is 0 Å². The van der Waals surface area contributed by atoms with Gasteiger partial charge >= 0.3 is 5.97 Å². The number of anilines is 1. The number of esters is 1. The smallest absolute Gasteiger partial charge is 0.337 e. The fourth-order valence-electron chi connectivity index (χ4n) is 2.03. The highest BCUT2D eigenvalue weighted by Gasteiger charge is 2.18. The number of nitrogens with one attached hydrogen (secondary N) is 1. The third-order valence-corrected chi connectivity index (χ3v) is 4.96. The molecule has 1 N–H and O–H groups in total. The van der Waals surface area contributed by atoms with Crippen LogP contribution in [0.5, 0.6) is 0 Å². The fraction of sp³-hybridized carbons (Fsp3) is 0.222. The Morgan fingerprint density at radius 3 is 2.29 bits per heavy atom. The lowest BCUT2D eigenvalue weighted by molar-refractivity contribution is -0.115. The molecule has 0 heterocycles. The van der Waals surface area contributed by atoms with E-state index in [1.807, 2.05) is 19.1 Å². The lowest BCUT2D eigenvalue weighted by atomic mass is 10.2. The Morgan fingerprint density at radius 1 is 1.12 bits per heavy atom. The van der Waals surface area contributed by atoms with Crippen LogP contribution in [-0.2, 0) is 9.53 Å².